The molecule has 0 spiro atoms. The van der Waals surface area contributed by atoms with Crippen LogP contribution in [0.4, 0.5) is 5.69 Å². The van der Waals surface area contributed by atoms with Gasteiger partial charge in [0.2, 0.25) is 11.7 Å². The van der Waals surface area contributed by atoms with Crippen LogP contribution in [0.2, 0.25) is 5.02 Å². The Morgan fingerprint density at radius 3 is 2.60 bits per heavy atom. The number of tetrazole rings is 1. The Kier molecular flexibility index (Phi) is 7.65. The van der Waals surface area contributed by atoms with Crippen molar-refractivity contribution in [3.05, 3.63) is 53.1 Å². The molecule has 0 unspecified atom stereocenters. The molecule has 0 bridgehead atoms. The molecule has 1 aromatic heterocycles. The highest BCUT2D eigenvalue weighted by Gasteiger charge is 2.32. The summed E-state index contributed by atoms with van der Waals surface area (Å²) in [5.41, 5.74) is 2.19. The SMILES string of the molecule is COc1ccc(C)cc1N(C(=O)Cn1nnc(-c2ccc(Cl)cc2)n1)[C@@H](C)C(=O)NC1CCCC1. The zero-order valence-corrected chi connectivity index (χ0v) is 20.8. The number of benzene rings is 2. The minimum absolute atomic E-state index is 0.139. The van der Waals surface area contributed by atoms with E-state index in [0.29, 0.717) is 22.3 Å². The van der Waals surface area contributed by atoms with Crippen LogP contribution in [0.3, 0.4) is 0 Å². The number of hydrogen-bond acceptors (Lipinski definition) is 6. The van der Waals surface area contributed by atoms with E-state index in [2.05, 4.69) is 20.7 Å². The molecule has 1 aliphatic rings. The van der Waals surface area contributed by atoms with Crippen molar-refractivity contribution in [2.75, 3.05) is 12.0 Å². The number of methoxy groups -OCH3 is 1. The Morgan fingerprint density at radius 2 is 1.91 bits per heavy atom. The van der Waals surface area contributed by atoms with Crippen LogP contribution in [-0.4, -0.2) is 51.2 Å². The van der Waals surface area contributed by atoms with Gasteiger partial charge < -0.3 is 10.1 Å². The normalized spacial score (nSPS) is 14.5. The molecule has 184 valence electrons. The molecule has 4 rings (SSSR count). The number of hydrogen-bond donors (Lipinski definition) is 1. The molecule has 3 aromatic rings. The Morgan fingerprint density at radius 1 is 1.20 bits per heavy atom. The van der Waals surface area contributed by atoms with Crippen LogP contribution in [-0.2, 0) is 16.1 Å². The highest BCUT2D eigenvalue weighted by Crippen LogP contribution is 2.31. The van der Waals surface area contributed by atoms with Crippen molar-refractivity contribution in [1.29, 1.82) is 0 Å². The van der Waals surface area contributed by atoms with Gasteiger partial charge in [-0.05, 0) is 73.9 Å². The number of halogens is 1. The standard InChI is InChI=1S/C25H29ClN6O3/c1-16-8-13-22(35-3)21(14-16)32(17(2)25(34)27-20-6-4-5-7-20)23(33)15-31-29-24(28-30-31)18-9-11-19(26)12-10-18/h8-14,17,20H,4-7,15H2,1-3H3,(H,27,34)/t17-/m0/s1. The molecule has 1 heterocycles. The first-order valence-corrected chi connectivity index (χ1v) is 12.0. The second-order valence-corrected chi connectivity index (χ2v) is 9.19. The molecule has 10 heteroatoms. The van der Waals surface area contributed by atoms with E-state index in [9.17, 15) is 9.59 Å². The number of nitrogens with one attached hydrogen (secondary N) is 1. The first-order valence-electron chi connectivity index (χ1n) is 11.7. The molecule has 1 aliphatic carbocycles. The third-order valence-corrected chi connectivity index (χ3v) is 6.41. The summed E-state index contributed by atoms with van der Waals surface area (Å²) in [6.45, 7) is 3.45. The predicted molar refractivity (Wildman–Crippen MR) is 133 cm³/mol. The molecular weight excluding hydrogens is 468 g/mol. The second-order valence-electron chi connectivity index (χ2n) is 8.76. The second kappa shape index (κ2) is 10.9. The van der Waals surface area contributed by atoms with Gasteiger partial charge in [0.15, 0.2) is 0 Å². The number of nitrogens with zero attached hydrogens (tertiary/aromatic N) is 5. The summed E-state index contributed by atoms with van der Waals surface area (Å²) in [6.07, 6.45) is 4.11. The van der Waals surface area contributed by atoms with Gasteiger partial charge in [-0.3, -0.25) is 14.5 Å². The molecule has 35 heavy (non-hydrogen) atoms. The van der Waals surface area contributed by atoms with Gasteiger partial charge in [0.1, 0.15) is 18.3 Å². The van der Waals surface area contributed by atoms with Crippen LogP contribution in [0.5, 0.6) is 5.75 Å². The molecule has 1 N–H and O–H groups in total. The maximum Gasteiger partial charge on any atom is 0.251 e. The van der Waals surface area contributed by atoms with E-state index < -0.39 is 6.04 Å². The molecule has 0 radical (unpaired) electrons. The highest BCUT2D eigenvalue weighted by atomic mass is 35.5. The Bertz CT molecular complexity index is 1190. The lowest BCUT2D eigenvalue weighted by molar-refractivity contribution is -0.127. The number of ether oxygens (including phenoxy) is 1. The van der Waals surface area contributed by atoms with E-state index in [4.69, 9.17) is 16.3 Å². The third kappa shape index (κ3) is 5.79. The monoisotopic (exact) mass is 496 g/mol. The maximum absolute atomic E-state index is 13.6. The van der Waals surface area contributed by atoms with Crippen molar-refractivity contribution in [2.24, 2.45) is 0 Å². The van der Waals surface area contributed by atoms with Gasteiger partial charge in [-0.15, -0.1) is 10.2 Å². The fraction of sp³-hybridized carbons (Fsp3) is 0.400. The quantitative estimate of drug-likeness (QED) is 0.509. The topological polar surface area (TPSA) is 102 Å². The van der Waals surface area contributed by atoms with Crippen LogP contribution < -0.4 is 15.0 Å². The lowest BCUT2D eigenvalue weighted by atomic mass is 10.1. The average molecular weight is 497 g/mol. The summed E-state index contributed by atoms with van der Waals surface area (Å²) in [5, 5.41) is 16.1. The van der Waals surface area contributed by atoms with Crippen LogP contribution >= 0.6 is 11.6 Å². The number of rotatable bonds is 8. The van der Waals surface area contributed by atoms with Gasteiger partial charge in [-0.1, -0.05) is 30.5 Å². The summed E-state index contributed by atoms with van der Waals surface area (Å²) >= 11 is 5.96. The molecule has 1 fully saturated rings. The Hall–Kier alpha value is -3.46. The number of aromatic nitrogens is 4. The van der Waals surface area contributed by atoms with E-state index in [1.807, 2.05) is 19.1 Å². The number of aryl methyl sites for hydroxylation is 1. The molecule has 1 saturated carbocycles. The average Bonchev–Trinajstić information content (AvgIpc) is 3.52. The zero-order valence-electron chi connectivity index (χ0n) is 20.1. The van der Waals surface area contributed by atoms with Crippen LogP contribution in [0, 0.1) is 6.92 Å². The molecule has 1 atom stereocenters. The molecule has 0 aliphatic heterocycles. The number of carbonyl (C=O) groups excluding carboxylic acids is 2. The van der Waals surface area contributed by atoms with Crippen molar-refractivity contribution < 1.29 is 14.3 Å². The summed E-state index contributed by atoms with van der Waals surface area (Å²) < 4.78 is 5.53. The maximum atomic E-state index is 13.6. The van der Waals surface area contributed by atoms with E-state index >= 15 is 0 Å². The van der Waals surface area contributed by atoms with Crippen molar-refractivity contribution >= 4 is 29.1 Å². The zero-order chi connectivity index (χ0) is 24.9. The van der Waals surface area contributed by atoms with Crippen LogP contribution in [0.25, 0.3) is 11.4 Å². The lowest BCUT2D eigenvalue weighted by Gasteiger charge is -2.30. The Balaban J connectivity index is 1.60. The third-order valence-electron chi connectivity index (χ3n) is 6.16. The van der Waals surface area contributed by atoms with Gasteiger partial charge in [0, 0.05) is 16.6 Å². The molecular formula is C25H29ClN6O3. The summed E-state index contributed by atoms with van der Waals surface area (Å²) in [4.78, 5) is 29.5. The van der Waals surface area contributed by atoms with Gasteiger partial charge in [0.25, 0.3) is 5.91 Å². The minimum atomic E-state index is -0.766. The van der Waals surface area contributed by atoms with Crippen molar-refractivity contribution in [3.8, 4) is 17.1 Å². The van der Waals surface area contributed by atoms with Gasteiger partial charge >= 0.3 is 0 Å². The Labute approximate surface area is 209 Å². The summed E-state index contributed by atoms with van der Waals surface area (Å²) in [7, 11) is 1.54. The van der Waals surface area contributed by atoms with Gasteiger partial charge in [0.05, 0.1) is 12.8 Å². The molecule has 0 saturated heterocycles. The minimum Gasteiger partial charge on any atom is -0.495 e. The van der Waals surface area contributed by atoms with Gasteiger partial charge in [-0.25, -0.2) is 0 Å². The summed E-state index contributed by atoms with van der Waals surface area (Å²) in [5.74, 6) is 0.310. The smallest absolute Gasteiger partial charge is 0.251 e. The van der Waals surface area contributed by atoms with Gasteiger partial charge in [-0.2, -0.15) is 4.80 Å². The van der Waals surface area contributed by atoms with Crippen molar-refractivity contribution in [3.63, 3.8) is 0 Å². The fourth-order valence-electron chi connectivity index (χ4n) is 4.28. The number of anilines is 1. The first kappa shape index (κ1) is 24.7. The fourth-order valence-corrected chi connectivity index (χ4v) is 4.40. The largest absolute Gasteiger partial charge is 0.495 e. The van der Waals surface area contributed by atoms with E-state index in [1.54, 1.807) is 37.3 Å². The van der Waals surface area contributed by atoms with E-state index in [-0.39, 0.29) is 24.4 Å². The highest BCUT2D eigenvalue weighted by molar-refractivity contribution is 6.30. The lowest BCUT2D eigenvalue weighted by Crippen LogP contribution is -2.51. The van der Waals surface area contributed by atoms with Crippen molar-refractivity contribution in [1.82, 2.24) is 25.5 Å². The number of amides is 2. The van der Waals surface area contributed by atoms with Crippen LogP contribution in [0.15, 0.2) is 42.5 Å². The molecule has 2 aromatic carbocycles. The molecule has 9 nitrogen and oxygen atoms in total. The number of carbonyl (C=O) groups is 2. The summed E-state index contributed by atoms with van der Waals surface area (Å²) in [6, 6.07) is 11.9. The van der Waals surface area contributed by atoms with Crippen molar-refractivity contribution in [2.45, 2.75) is 58.2 Å². The van der Waals surface area contributed by atoms with E-state index in [1.165, 1.54) is 16.8 Å². The first-order chi connectivity index (χ1) is 16.9. The molecule has 2 amide bonds. The van der Waals surface area contributed by atoms with E-state index in [0.717, 1.165) is 36.8 Å². The van der Waals surface area contributed by atoms with Crippen LogP contribution in [0.1, 0.15) is 38.2 Å². The predicted octanol–water partition coefficient (Wildman–Crippen LogP) is 3.79.